The number of thiophene rings is 1. The second-order valence-electron chi connectivity index (χ2n) is 5.25. The topological polar surface area (TPSA) is 50.4 Å². The molecule has 0 aliphatic rings. The smallest absolute Gasteiger partial charge is 0.235 e. The molecule has 0 saturated carbocycles. The van der Waals surface area contributed by atoms with Gasteiger partial charge in [0.25, 0.3) is 0 Å². The standard InChI is InChI=1S/C18H12O3S/c1-10-6-7-14-12(8-10)16(19)17(20)18(21-14)13-9-22-15-5-3-2-4-11(13)15/h2-9,20H,1H3. The Hall–Kier alpha value is -2.59. The van der Waals surface area contributed by atoms with Crippen LogP contribution in [0.15, 0.2) is 57.1 Å². The van der Waals surface area contributed by atoms with Crippen LogP contribution in [0.3, 0.4) is 0 Å². The summed E-state index contributed by atoms with van der Waals surface area (Å²) in [6, 6.07) is 13.2. The highest BCUT2D eigenvalue weighted by Gasteiger charge is 2.18. The first-order valence-electron chi connectivity index (χ1n) is 6.88. The van der Waals surface area contributed by atoms with Crippen molar-refractivity contribution in [2.75, 3.05) is 0 Å². The lowest BCUT2D eigenvalue weighted by atomic mass is 10.1. The maximum Gasteiger partial charge on any atom is 0.235 e. The molecule has 4 heteroatoms. The van der Waals surface area contributed by atoms with Crippen LogP contribution in [0.1, 0.15) is 5.56 Å². The van der Waals surface area contributed by atoms with Crippen LogP contribution in [0.4, 0.5) is 0 Å². The van der Waals surface area contributed by atoms with E-state index >= 15 is 0 Å². The normalized spacial score (nSPS) is 11.3. The van der Waals surface area contributed by atoms with E-state index in [4.69, 9.17) is 4.42 Å². The third-order valence-corrected chi connectivity index (χ3v) is 4.71. The molecule has 1 N–H and O–H groups in total. The average molecular weight is 308 g/mol. The van der Waals surface area contributed by atoms with Crippen LogP contribution in [-0.4, -0.2) is 5.11 Å². The van der Waals surface area contributed by atoms with Crippen LogP contribution in [0.5, 0.6) is 5.75 Å². The summed E-state index contributed by atoms with van der Waals surface area (Å²) >= 11 is 1.56. The largest absolute Gasteiger partial charge is 0.502 e. The fourth-order valence-electron chi connectivity index (χ4n) is 2.64. The van der Waals surface area contributed by atoms with E-state index in [0.717, 1.165) is 21.2 Å². The first-order valence-corrected chi connectivity index (χ1v) is 7.76. The maximum absolute atomic E-state index is 12.4. The van der Waals surface area contributed by atoms with E-state index in [1.54, 1.807) is 23.5 Å². The van der Waals surface area contributed by atoms with E-state index in [1.807, 2.05) is 42.6 Å². The molecular formula is C18H12O3S. The Morgan fingerprint density at radius 2 is 1.91 bits per heavy atom. The van der Waals surface area contributed by atoms with Gasteiger partial charge < -0.3 is 9.52 Å². The van der Waals surface area contributed by atoms with E-state index in [1.165, 1.54) is 0 Å². The zero-order valence-electron chi connectivity index (χ0n) is 11.8. The summed E-state index contributed by atoms with van der Waals surface area (Å²) in [4.78, 5) is 12.4. The second kappa shape index (κ2) is 4.71. The van der Waals surface area contributed by atoms with Crippen LogP contribution < -0.4 is 5.43 Å². The highest BCUT2D eigenvalue weighted by Crippen LogP contribution is 2.38. The fraction of sp³-hybridized carbons (Fsp3) is 0.0556. The minimum atomic E-state index is -0.393. The summed E-state index contributed by atoms with van der Waals surface area (Å²) in [5, 5.41) is 13.6. The minimum absolute atomic E-state index is 0.235. The molecule has 2 heterocycles. The lowest BCUT2D eigenvalue weighted by molar-refractivity contribution is 0.449. The SMILES string of the molecule is Cc1ccc2oc(-c3csc4ccccc34)c(O)c(=O)c2c1. The predicted octanol–water partition coefficient (Wildman–Crippen LogP) is 4.69. The first kappa shape index (κ1) is 13.1. The number of hydrogen-bond acceptors (Lipinski definition) is 4. The van der Waals surface area contributed by atoms with E-state index < -0.39 is 5.43 Å². The highest BCUT2D eigenvalue weighted by molar-refractivity contribution is 7.17. The molecule has 4 aromatic rings. The van der Waals surface area contributed by atoms with E-state index in [0.29, 0.717) is 11.0 Å². The Labute approximate surface area is 130 Å². The molecule has 0 saturated heterocycles. The summed E-state index contributed by atoms with van der Waals surface area (Å²) in [5.41, 5.74) is 1.79. The minimum Gasteiger partial charge on any atom is -0.502 e. The average Bonchev–Trinajstić information content (AvgIpc) is 2.95. The summed E-state index contributed by atoms with van der Waals surface area (Å²) in [6.07, 6.45) is 0. The van der Waals surface area contributed by atoms with Crippen molar-refractivity contribution in [3.63, 3.8) is 0 Å². The molecule has 2 aromatic carbocycles. The van der Waals surface area contributed by atoms with Gasteiger partial charge in [0.1, 0.15) is 5.58 Å². The number of hydrogen-bond donors (Lipinski definition) is 1. The molecular weight excluding hydrogens is 296 g/mol. The van der Waals surface area contributed by atoms with Gasteiger partial charge in [-0.3, -0.25) is 4.79 Å². The molecule has 0 aliphatic heterocycles. The Morgan fingerprint density at radius 1 is 1.09 bits per heavy atom. The molecule has 0 amide bonds. The third-order valence-electron chi connectivity index (χ3n) is 3.75. The summed E-state index contributed by atoms with van der Waals surface area (Å²) in [6.45, 7) is 1.90. The fourth-order valence-corrected chi connectivity index (χ4v) is 3.58. The summed E-state index contributed by atoms with van der Waals surface area (Å²) in [5.74, 6) is -0.0968. The van der Waals surface area contributed by atoms with Crippen LogP contribution in [0, 0.1) is 6.92 Å². The lowest BCUT2D eigenvalue weighted by Crippen LogP contribution is -2.02. The van der Waals surface area contributed by atoms with Gasteiger partial charge in [0.15, 0.2) is 5.76 Å². The Bertz CT molecular complexity index is 1070. The Kier molecular flexibility index (Phi) is 2.81. The molecule has 0 unspecified atom stereocenters. The number of rotatable bonds is 1. The van der Waals surface area contributed by atoms with Gasteiger partial charge in [0.2, 0.25) is 11.2 Å². The van der Waals surface area contributed by atoms with Crippen molar-refractivity contribution < 1.29 is 9.52 Å². The molecule has 3 nitrogen and oxygen atoms in total. The predicted molar refractivity (Wildman–Crippen MR) is 89.7 cm³/mol. The molecule has 108 valence electrons. The number of fused-ring (bicyclic) bond motifs is 2. The van der Waals surface area contributed by atoms with E-state index in [2.05, 4.69) is 0 Å². The number of benzene rings is 2. The van der Waals surface area contributed by atoms with Gasteiger partial charge in [-0.1, -0.05) is 29.8 Å². The van der Waals surface area contributed by atoms with Crippen LogP contribution in [-0.2, 0) is 0 Å². The molecule has 0 fully saturated rings. The van der Waals surface area contributed by atoms with Crippen LogP contribution in [0.2, 0.25) is 0 Å². The van der Waals surface area contributed by atoms with Crippen LogP contribution in [0.25, 0.3) is 32.4 Å². The number of aryl methyl sites for hydroxylation is 1. The molecule has 22 heavy (non-hydrogen) atoms. The van der Waals surface area contributed by atoms with Crippen molar-refractivity contribution in [3.05, 3.63) is 63.6 Å². The van der Waals surface area contributed by atoms with Crippen molar-refractivity contribution in [2.24, 2.45) is 0 Å². The molecule has 0 aliphatic carbocycles. The lowest BCUT2D eigenvalue weighted by Gasteiger charge is -2.05. The van der Waals surface area contributed by atoms with Gasteiger partial charge in [-0.25, -0.2) is 0 Å². The van der Waals surface area contributed by atoms with Gasteiger partial charge >= 0.3 is 0 Å². The molecule has 4 rings (SSSR count). The maximum atomic E-state index is 12.4. The molecule has 0 spiro atoms. The van der Waals surface area contributed by atoms with Crippen molar-refractivity contribution in [3.8, 4) is 17.1 Å². The van der Waals surface area contributed by atoms with Gasteiger partial charge in [0.05, 0.1) is 5.39 Å². The van der Waals surface area contributed by atoms with E-state index in [-0.39, 0.29) is 11.5 Å². The van der Waals surface area contributed by atoms with Crippen LogP contribution >= 0.6 is 11.3 Å². The molecule has 0 atom stereocenters. The molecule has 0 bridgehead atoms. The van der Waals surface area contributed by atoms with Gasteiger partial charge in [-0.15, -0.1) is 11.3 Å². The Morgan fingerprint density at radius 3 is 2.77 bits per heavy atom. The van der Waals surface area contributed by atoms with Crippen molar-refractivity contribution in [1.29, 1.82) is 0 Å². The van der Waals surface area contributed by atoms with Gasteiger partial charge in [-0.05, 0) is 25.1 Å². The van der Waals surface area contributed by atoms with Crippen molar-refractivity contribution >= 4 is 32.4 Å². The zero-order valence-corrected chi connectivity index (χ0v) is 12.6. The van der Waals surface area contributed by atoms with Crippen molar-refractivity contribution in [2.45, 2.75) is 6.92 Å². The van der Waals surface area contributed by atoms with Crippen molar-refractivity contribution in [1.82, 2.24) is 0 Å². The second-order valence-corrected chi connectivity index (χ2v) is 6.17. The van der Waals surface area contributed by atoms with Gasteiger partial charge in [-0.2, -0.15) is 0 Å². The quantitative estimate of drug-likeness (QED) is 0.555. The van der Waals surface area contributed by atoms with E-state index in [9.17, 15) is 9.90 Å². The zero-order chi connectivity index (χ0) is 15.3. The summed E-state index contributed by atoms with van der Waals surface area (Å²) in [7, 11) is 0. The Balaban J connectivity index is 2.09. The number of aromatic hydroxyl groups is 1. The molecule has 2 aromatic heterocycles. The third kappa shape index (κ3) is 1.84. The van der Waals surface area contributed by atoms with Gasteiger partial charge in [0, 0.05) is 21.0 Å². The summed E-state index contributed by atoms with van der Waals surface area (Å²) < 4.78 is 6.92. The highest BCUT2D eigenvalue weighted by atomic mass is 32.1. The molecule has 0 radical (unpaired) electrons. The monoisotopic (exact) mass is 308 g/mol. The first-order chi connectivity index (χ1) is 10.6.